The minimum atomic E-state index is -0.314. The van der Waals surface area contributed by atoms with E-state index in [1.54, 1.807) is 27.9 Å². The number of nitrogens with one attached hydrogen (secondary N) is 2. The van der Waals surface area contributed by atoms with Gasteiger partial charge in [0.15, 0.2) is 0 Å². The predicted octanol–water partition coefficient (Wildman–Crippen LogP) is 1.03. The van der Waals surface area contributed by atoms with Crippen LogP contribution in [0.3, 0.4) is 0 Å². The molecule has 2 amide bonds. The number of likely N-dealkylation sites (N-methyl/N-ethyl adjacent to an activating group) is 1. The second-order valence-corrected chi connectivity index (χ2v) is 7.07. The number of nitrogens with zero attached hydrogens (tertiary/aromatic N) is 3. The topological polar surface area (TPSA) is 79.3 Å². The summed E-state index contributed by atoms with van der Waals surface area (Å²) in [4.78, 5) is 27.0. The largest absolute Gasteiger partial charge is 0.350 e. The Morgan fingerprint density at radius 2 is 2.07 bits per heavy atom. The van der Waals surface area contributed by atoms with E-state index in [1.807, 2.05) is 20.2 Å². The van der Waals surface area contributed by atoms with Gasteiger partial charge in [-0.25, -0.2) is 4.39 Å². The van der Waals surface area contributed by atoms with Crippen molar-refractivity contribution in [2.75, 3.05) is 26.2 Å². The molecule has 150 valence electrons. The van der Waals surface area contributed by atoms with Crippen molar-refractivity contribution in [2.24, 2.45) is 13.0 Å². The lowest BCUT2D eigenvalue weighted by Gasteiger charge is -2.26. The van der Waals surface area contributed by atoms with Gasteiger partial charge in [0.1, 0.15) is 5.82 Å². The third-order valence-electron chi connectivity index (χ3n) is 5.12. The summed E-state index contributed by atoms with van der Waals surface area (Å²) in [5.74, 6) is -0.737. The molecule has 0 unspecified atom stereocenters. The molecule has 2 atom stereocenters. The molecule has 1 aromatic heterocycles. The molecule has 1 aliphatic rings. The molecule has 0 spiro atoms. The molecule has 28 heavy (non-hydrogen) atoms. The number of benzene rings is 1. The van der Waals surface area contributed by atoms with Crippen LogP contribution in [0.2, 0.25) is 0 Å². The first-order valence-electron chi connectivity index (χ1n) is 9.47. The van der Waals surface area contributed by atoms with E-state index in [1.165, 1.54) is 12.1 Å². The third kappa shape index (κ3) is 4.75. The summed E-state index contributed by atoms with van der Waals surface area (Å²) >= 11 is 0. The number of carbonyl (C=O) groups excluding carboxylic acids is 2. The van der Waals surface area contributed by atoms with E-state index in [9.17, 15) is 14.0 Å². The number of rotatable bonds is 7. The normalized spacial score (nSPS) is 18.8. The number of aryl methyl sites for hydroxylation is 1. The molecule has 2 N–H and O–H groups in total. The van der Waals surface area contributed by atoms with Crippen LogP contribution in [0.15, 0.2) is 36.7 Å². The summed E-state index contributed by atoms with van der Waals surface area (Å²) in [5, 5.41) is 10.3. The van der Waals surface area contributed by atoms with Crippen molar-refractivity contribution in [3.05, 3.63) is 53.6 Å². The Morgan fingerprint density at radius 3 is 2.71 bits per heavy atom. The molecule has 2 aromatic rings. The number of amides is 2. The first-order chi connectivity index (χ1) is 13.5. The van der Waals surface area contributed by atoms with Gasteiger partial charge in [-0.3, -0.25) is 14.3 Å². The smallest absolute Gasteiger partial charge is 0.239 e. The summed E-state index contributed by atoms with van der Waals surface area (Å²) in [6.07, 6.45) is 3.73. The SMILES string of the molecule is CCN(CC(=O)NCc1ccc(F)cc1)C(=O)[C@H]1CNC[C@@H]1c1cnn(C)c1. The lowest BCUT2D eigenvalue weighted by Crippen LogP contribution is -2.44. The Kier molecular flexibility index (Phi) is 6.41. The fraction of sp³-hybridized carbons (Fsp3) is 0.450. The van der Waals surface area contributed by atoms with E-state index in [2.05, 4.69) is 15.7 Å². The zero-order chi connectivity index (χ0) is 20.1. The second kappa shape index (κ2) is 8.97. The van der Waals surface area contributed by atoms with Crippen molar-refractivity contribution in [2.45, 2.75) is 19.4 Å². The first kappa shape index (κ1) is 20.0. The van der Waals surface area contributed by atoms with E-state index < -0.39 is 0 Å². The minimum absolute atomic E-state index is 0.00673. The number of halogens is 1. The van der Waals surface area contributed by atoms with Gasteiger partial charge in [-0.15, -0.1) is 0 Å². The second-order valence-electron chi connectivity index (χ2n) is 7.07. The average Bonchev–Trinajstić information content (AvgIpc) is 3.34. The predicted molar refractivity (Wildman–Crippen MR) is 103 cm³/mol. The standard InChI is InChI=1S/C20H26FN5O2/c1-3-26(13-19(27)23-8-14-4-6-16(21)7-5-14)20(28)18-11-22-10-17(18)15-9-24-25(2)12-15/h4-7,9,12,17-18,22H,3,8,10-11,13H2,1-2H3,(H,23,27)/t17-,18+/m1/s1. The average molecular weight is 387 g/mol. The van der Waals surface area contributed by atoms with E-state index in [4.69, 9.17) is 0 Å². The maximum atomic E-state index is 13.1. The number of carbonyl (C=O) groups is 2. The van der Waals surface area contributed by atoms with Gasteiger partial charge in [0.05, 0.1) is 18.7 Å². The van der Waals surface area contributed by atoms with Crippen molar-refractivity contribution in [3.8, 4) is 0 Å². The fourth-order valence-electron chi connectivity index (χ4n) is 3.53. The zero-order valence-corrected chi connectivity index (χ0v) is 16.2. The molecule has 1 fully saturated rings. The van der Waals surface area contributed by atoms with Gasteiger partial charge in [-0.1, -0.05) is 12.1 Å². The minimum Gasteiger partial charge on any atom is -0.350 e. The molecular weight excluding hydrogens is 361 g/mol. The van der Waals surface area contributed by atoms with Gasteiger partial charge in [-0.05, 0) is 30.2 Å². The van der Waals surface area contributed by atoms with Gasteiger partial charge in [0, 0.05) is 45.3 Å². The van der Waals surface area contributed by atoms with Crippen molar-refractivity contribution < 1.29 is 14.0 Å². The molecule has 2 heterocycles. The van der Waals surface area contributed by atoms with Crippen LogP contribution in [0, 0.1) is 11.7 Å². The maximum Gasteiger partial charge on any atom is 0.239 e. The quantitative estimate of drug-likeness (QED) is 0.744. The number of aromatic nitrogens is 2. The van der Waals surface area contributed by atoms with Crippen LogP contribution < -0.4 is 10.6 Å². The van der Waals surface area contributed by atoms with Crippen LogP contribution in [-0.4, -0.2) is 52.7 Å². The molecule has 1 aliphatic heterocycles. The van der Waals surface area contributed by atoms with Crippen molar-refractivity contribution in [1.82, 2.24) is 25.3 Å². The Bertz CT molecular complexity index is 820. The number of hydrogen-bond acceptors (Lipinski definition) is 4. The Morgan fingerprint density at radius 1 is 1.32 bits per heavy atom. The molecule has 3 rings (SSSR count). The number of hydrogen-bond donors (Lipinski definition) is 2. The molecule has 8 heteroatoms. The summed E-state index contributed by atoms with van der Waals surface area (Å²) in [6, 6.07) is 5.96. The molecule has 1 aromatic carbocycles. The Balaban J connectivity index is 1.58. The molecule has 0 radical (unpaired) electrons. The molecule has 7 nitrogen and oxygen atoms in total. The summed E-state index contributed by atoms with van der Waals surface area (Å²) in [6.45, 7) is 3.94. The van der Waals surface area contributed by atoms with Crippen molar-refractivity contribution >= 4 is 11.8 Å². The highest BCUT2D eigenvalue weighted by molar-refractivity contribution is 5.86. The monoisotopic (exact) mass is 387 g/mol. The Labute approximate surface area is 163 Å². The van der Waals surface area contributed by atoms with E-state index in [0.717, 1.165) is 17.7 Å². The third-order valence-corrected chi connectivity index (χ3v) is 5.12. The van der Waals surface area contributed by atoms with Gasteiger partial charge in [0.25, 0.3) is 0 Å². The maximum absolute atomic E-state index is 13.1. The van der Waals surface area contributed by atoms with E-state index in [-0.39, 0.29) is 36.0 Å². The van der Waals surface area contributed by atoms with Gasteiger partial charge in [-0.2, -0.15) is 5.10 Å². The highest BCUT2D eigenvalue weighted by Crippen LogP contribution is 2.29. The van der Waals surface area contributed by atoms with Crippen LogP contribution in [0.5, 0.6) is 0 Å². The van der Waals surface area contributed by atoms with Gasteiger partial charge < -0.3 is 15.5 Å². The van der Waals surface area contributed by atoms with Crippen molar-refractivity contribution in [3.63, 3.8) is 0 Å². The molecule has 0 saturated carbocycles. The van der Waals surface area contributed by atoms with Crippen LogP contribution in [0.4, 0.5) is 4.39 Å². The lowest BCUT2D eigenvalue weighted by molar-refractivity contribution is -0.139. The van der Waals surface area contributed by atoms with E-state index in [0.29, 0.717) is 19.6 Å². The van der Waals surface area contributed by atoms with Crippen LogP contribution in [-0.2, 0) is 23.2 Å². The summed E-state index contributed by atoms with van der Waals surface area (Å²) < 4.78 is 14.7. The molecule has 0 bridgehead atoms. The summed E-state index contributed by atoms with van der Waals surface area (Å²) in [5.41, 5.74) is 1.84. The van der Waals surface area contributed by atoms with Gasteiger partial charge >= 0.3 is 0 Å². The highest BCUT2D eigenvalue weighted by Gasteiger charge is 2.37. The first-order valence-corrected chi connectivity index (χ1v) is 9.47. The molecule has 0 aliphatic carbocycles. The Hall–Kier alpha value is -2.74. The molecular formula is C20H26FN5O2. The van der Waals surface area contributed by atoms with Crippen LogP contribution in [0.25, 0.3) is 0 Å². The zero-order valence-electron chi connectivity index (χ0n) is 16.2. The lowest BCUT2D eigenvalue weighted by atomic mass is 9.90. The van der Waals surface area contributed by atoms with Crippen molar-refractivity contribution in [1.29, 1.82) is 0 Å². The fourth-order valence-corrected chi connectivity index (χ4v) is 3.53. The molecule has 1 saturated heterocycles. The van der Waals surface area contributed by atoms with Crippen LogP contribution >= 0.6 is 0 Å². The van der Waals surface area contributed by atoms with E-state index >= 15 is 0 Å². The van der Waals surface area contributed by atoms with Gasteiger partial charge in [0.2, 0.25) is 11.8 Å². The summed E-state index contributed by atoms with van der Waals surface area (Å²) in [7, 11) is 1.85. The highest BCUT2D eigenvalue weighted by atomic mass is 19.1. The van der Waals surface area contributed by atoms with Crippen LogP contribution in [0.1, 0.15) is 24.0 Å².